The van der Waals surface area contributed by atoms with Gasteiger partial charge in [0.05, 0.1) is 24.2 Å². The van der Waals surface area contributed by atoms with Crippen LogP contribution in [0.1, 0.15) is 13.3 Å². The largest absolute Gasteiger partial charge is 0.495 e. The fourth-order valence-electron chi connectivity index (χ4n) is 2.44. The molecule has 0 aliphatic rings. The topological polar surface area (TPSA) is 75.7 Å². The summed E-state index contributed by atoms with van der Waals surface area (Å²) in [6.45, 7) is 1.67. The number of benzene rings is 2. The van der Waals surface area contributed by atoms with E-state index in [1.807, 2.05) is 6.92 Å². The molecule has 0 aromatic heterocycles. The summed E-state index contributed by atoms with van der Waals surface area (Å²) in [4.78, 5) is 12.5. The van der Waals surface area contributed by atoms with Crippen molar-refractivity contribution < 1.29 is 17.9 Å². The summed E-state index contributed by atoms with van der Waals surface area (Å²) in [5.41, 5.74) is 0.367. The maximum Gasteiger partial charge on any atom is 0.243 e. The highest BCUT2D eigenvalue weighted by atomic mass is 35.5. The number of carbonyl (C=O) groups excluding carboxylic acids is 1. The average molecular weight is 431 g/mol. The van der Waals surface area contributed by atoms with E-state index in [2.05, 4.69) is 5.32 Å². The van der Waals surface area contributed by atoms with Crippen LogP contribution in [0.4, 0.5) is 5.69 Å². The van der Waals surface area contributed by atoms with Crippen molar-refractivity contribution in [1.29, 1.82) is 0 Å². The van der Waals surface area contributed by atoms with Crippen molar-refractivity contribution >= 4 is 44.8 Å². The number of rotatable bonds is 8. The van der Waals surface area contributed by atoms with Gasteiger partial charge in [0.1, 0.15) is 5.75 Å². The van der Waals surface area contributed by atoms with E-state index in [0.29, 0.717) is 27.9 Å². The van der Waals surface area contributed by atoms with Crippen LogP contribution in [0, 0.1) is 0 Å². The number of methoxy groups -OCH3 is 1. The predicted molar refractivity (Wildman–Crippen MR) is 107 cm³/mol. The van der Waals surface area contributed by atoms with E-state index in [0.717, 1.165) is 4.31 Å². The average Bonchev–Trinajstić information content (AvgIpc) is 2.61. The lowest BCUT2D eigenvalue weighted by Crippen LogP contribution is -2.38. The minimum atomic E-state index is -3.87. The molecule has 1 amide bonds. The van der Waals surface area contributed by atoms with Crippen LogP contribution in [0.5, 0.6) is 5.75 Å². The van der Waals surface area contributed by atoms with Gasteiger partial charge >= 0.3 is 0 Å². The van der Waals surface area contributed by atoms with Crippen LogP contribution < -0.4 is 10.1 Å². The van der Waals surface area contributed by atoms with E-state index < -0.39 is 15.9 Å². The van der Waals surface area contributed by atoms with Crippen molar-refractivity contribution in [2.75, 3.05) is 25.5 Å². The first-order valence-electron chi connectivity index (χ1n) is 8.17. The van der Waals surface area contributed by atoms with E-state index in [9.17, 15) is 13.2 Å². The van der Waals surface area contributed by atoms with Crippen molar-refractivity contribution in [3.63, 3.8) is 0 Å². The second-order valence-electron chi connectivity index (χ2n) is 5.69. The molecule has 0 aliphatic carbocycles. The van der Waals surface area contributed by atoms with E-state index in [1.54, 1.807) is 24.3 Å². The minimum absolute atomic E-state index is 0.0385. The third kappa shape index (κ3) is 5.59. The number of amides is 1. The molecule has 9 heteroatoms. The summed E-state index contributed by atoms with van der Waals surface area (Å²) in [6.07, 6.45) is 0.549. The van der Waals surface area contributed by atoms with Gasteiger partial charge in [-0.2, -0.15) is 4.31 Å². The van der Waals surface area contributed by atoms with Gasteiger partial charge < -0.3 is 10.1 Å². The Labute approximate surface area is 169 Å². The quantitative estimate of drug-likeness (QED) is 0.685. The number of ether oxygens (including phenoxy) is 1. The summed E-state index contributed by atoms with van der Waals surface area (Å²) in [6, 6.07) is 10.7. The molecular weight excluding hydrogens is 411 g/mol. The van der Waals surface area contributed by atoms with E-state index in [1.165, 1.54) is 25.3 Å². The van der Waals surface area contributed by atoms with E-state index in [4.69, 9.17) is 27.9 Å². The van der Waals surface area contributed by atoms with Gasteiger partial charge in [0.25, 0.3) is 0 Å². The number of halogens is 2. The Balaban J connectivity index is 2.23. The van der Waals surface area contributed by atoms with Gasteiger partial charge in [0.2, 0.25) is 15.9 Å². The predicted octanol–water partition coefficient (Wildman–Crippen LogP) is 4.04. The van der Waals surface area contributed by atoms with Gasteiger partial charge in [-0.05, 0) is 42.8 Å². The number of sulfonamides is 1. The maximum atomic E-state index is 12.9. The standard InChI is InChI=1S/C18H20Cl2N2O4S/c1-3-9-22(27(24,25)15-6-4-5-13(19)10-15)12-18(23)21-16-11-14(20)7-8-17(16)26-2/h4-8,10-11H,3,9,12H2,1-2H3,(H,21,23). The number of nitrogens with one attached hydrogen (secondary N) is 1. The molecule has 0 aliphatic heterocycles. The Kier molecular flexibility index (Phi) is 7.49. The number of hydrogen-bond acceptors (Lipinski definition) is 4. The van der Waals surface area contributed by atoms with E-state index in [-0.39, 0.29) is 18.0 Å². The molecule has 146 valence electrons. The molecule has 0 unspecified atom stereocenters. The second kappa shape index (κ2) is 9.41. The molecule has 1 N–H and O–H groups in total. The van der Waals surface area contributed by atoms with Crippen molar-refractivity contribution in [3.05, 3.63) is 52.5 Å². The van der Waals surface area contributed by atoms with Gasteiger partial charge in [0.15, 0.2) is 0 Å². The van der Waals surface area contributed by atoms with Crippen LogP contribution >= 0.6 is 23.2 Å². The van der Waals surface area contributed by atoms with Crippen LogP contribution in [0.15, 0.2) is 47.4 Å². The van der Waals surface area contributed by atoms with E-state index >= 15 is 0 Å². The molecule has 0 spiro atoms. The molecule has 0 fully saturated rings. The number of hydrogen-bond donors (Lipinski definition) is 1. The zero-order valence-electron chi connectivity index (χ0n) is 14.9. The first-order valence-corrected chi connectivity index (χ1v) is 10.4. The molecule has 2 rings (SSSR count). The summed E-state index contributed by atoms with van der Waals surface area (Å²) in [5.74, 6) is -0.0814. The molecule has 2 aromatic carbocycles. The molecule has 0 bridgehead atoms. The van der Waals surface area contributed by atoms with Gasteiger partial charge in [-0.15, -0.1) is 0 Å². The highest BCUT2D eigenvalue weighted by Crippen LogP contribution is 2.28. The first kappa shape index (κ1) is 21.5. The molecule has 0 saturated carbocycles. The van der Waals surface area contributed by atoms with Crippen LogP contribution in [0.3, 0.4) is 0 Å². The Morgan fingerprint density at radius 1 is 1.15 bits per heavy atom. The Morgan fingerprint density at radius 3 is 2.48 bits per heavy atom. The van der Waals surface area contributed by atoms with Gasteiger partial charge in [-0.1, -0.05) is 36.2 Å². The summed E-state index contributed by atoms with van der Waals surface area (Å²) in [7, 11) is -2.40. The molecule has 0 heterocycles. The van der Waals surface area contributed by atoms with Crippen molar-refractivity contribution in [2.45, 2.75) is 18.2 Å². The lowest BCUT2D eigenvalue weighted by atomic mass is 10.3. The fourth-order valence-corrected chi connectivity index (χ4v) is 4.40. The minimum Gasteiger partial charge on any atom is -0.495 e. The normalized spacial score (nSPS) is 11.4. The number of anilines is 1. The van der Waals surface area contributed by atoms with Gasteiger partial charge in [-0.25, -0.2) is 8.42 Å². The summed E-state index contributed by atoms with van der Waals surface area (Å²) in [5, 5.41) is 3.37. The maximum absolute atomic E-state index is 12.9. The van der Waals surface area contributed by atoms with Gasteiger partial charge in [-0.3, -0.25) is 4.79 Å². The fraction of sp³-hybridized carbons (Fsp3) is 0.278. The lowest BCUT2D eigenvalue weighted by molar-refractivity contribution is -0.116. The van der Waals surface area contributed by atoms with Crippen LogP contribution in [0.25, 0.3) is 0 Å². The number of carbonyl (C=O) groups is 1. The van der Waals surface area contributed by atoms with Crippen LogP contribution in [0.2, 0.25) is 10.0 Å². The molecular formula is C18H20Cl2N2O4S. The Hall–Kier alpha value is -1.80. The Bertz CT molecular complexity index is 919. The summed E-state index contributed by atoms with van der Waals surface area (Å²) >= 11 is 11.9. The molecule has 27 heavy (non-hydrogen) atoms. The van der Waals surface area contributed by atoms with Crippen LogP contribution in [-0.4, -0.2) is 38.8 Å². The van der Waals surface area contributed by atoms with Crippen LogP contribution in [-0.2, 0) is 14.8 Å². The highest BCUT2D eigenvalue weighted by Gasteiger charge is 2.26. The highest BCUT2D eigenvalue weighted by molar-refractivity contribution is 7.89. The Morgan fingerprint density at radius 2 is 1.85 bits per heavy atom. The molecule has 0 atom stereocenters. The monoisotopic (exact) mass is 430 g/mol. The molecule has 2 aromatic rings. The third-order valence-corrected chi connectivity index (χ3v) is 5.97. The smallest absolute Gasteiger partial charge is 0.243 e. The lowest BCUT2D eigenvalue weighted by Gasteiger charge is -2.21. The summed E-state index contributed by atoms with van der Waals surface area (Å²) < 4.78 is 32.1. The molecule has 0 radical (unpaired) electrons. The van der Waals surface area contributed by atoms with Gasteiger partial charge in [0, 0.05) is 16.6 Å². The van der Waals surface area contributed by atoms with Crippen molar-refractivity contribution in [2.24, 2.45) is 0 Å². The zero-order chi connectivity index (χ0) is 20.0. The zero-order valence-corrected chi connectivity index (χ0v) is 17.2. The second-order valence-corrected chi connectivity index (χ2v) is 8.50. The molecule has 0 saturated heterocycles. The first-order chi connectivity index (χ1) is 12.8. The third-order valence-electron chi connectivity index (χ3n) is 3.66. The molecule has 6 nitrogen and oxygen atoms in total. The SMILES string of the molecule is CCCN(CC(=O)Nc1cc(Cl)ccc1OC)S(=O)(=O)c1cccc(Cl)c1. The number of nitrogens with zero attached hydrogens (tertiary/aromatic N) is 1. The van der Waals surface area contributed by atoms with Crippen molar-refractivity contribution in [1.82, 2.24) is 4.31 Å². The van der Waals surface area contributed by atoms with Crippen molar-refractivity contribution in [3.8, 4) is 5.75 Å².